The Kier molecular flexibility index (Phi) is 5.19. The van der Waals surface area contributed by atoms with Crippen molar-refractivity contribution in [1.82, 2.24) is 14.7 Å². The molecule has 0 aliphatic carbocycles. The van der Waals surface area contributed by atoms with E-state index in [2.05, 4.69) is 9.80 Å². The summed E-state index contributed by atoms with van der Waals surface area (Å²) in [6, 6.07) is 0.177. The second kappa shape index (κ2) is 6.68. The lowest BCUT2D eigenvalue weighted by molar-refractivity contribution is -0.132. The highest BCUT2D eigenvalue weighted by Crippen LogP contribution is 2.20. The maximum Gasteiger partial charge on any atom is 0.224 e. The molecule has 2 aliphatic heterocycles. The summed E-state index contributed by atoms with van der Waals surface area (Å²) in [5.74, 6) is 0.204. The average Bonchev–Trinajstić information content (AvgIpc) is 2.95. The molecule has 0 saturated carbocycles. The van der Waals surface area contributed by atoms with Crippen LogP contribution in [0, 0.1) is 0 Å². The highest BCUT2D eigenvalue weighted by molar-refractivity contribution is 5.77. The Hall–Kier alpha value is -0.650. The number of carbonyl (C=O) groups excluding carboxylic acids is 1. The monoisotopic (exact) mass is 269 g/mol. The van der Waals surface area contributed by atoms with Gasteiger partial charge < -0.3 is 19.8 Å². The summed E-state index contributed by atoms with van der Waals surface area (Å²) < 4.78 is 0. The van der Waals surface area contributed by atoms with Crippen LogP contribution in [0.25, 0.3) is 0 Å². The molecule has 0 spiro atoms. The first-order chi connectivity index (χ1) is 9.06. The van der Waals surface area contributed by atoms with Gasteiger partial charge in [0.25, 0.3) is 0 Å². The minimum atomic E-state index is -0.347. The van der Waals surface area contributed by atoms with Gasteiger partial charge in [0.15, 0.2) is 0 Å². The summed E-state index contributed by atoms with van der Waals surface area (Å²) >= 11 is 0. The fourth-order valence-electron chi connectivity index (χ4n) is 3.20. The van der Waals surface area contributed by atoms with E-state index in [0.29, 0.717) is 19.4 Å². The van der Waals surface area contributed by atoms with E-state index >= 15 is 0 Å². The standard InChI is InChI=1S/C14H27N3O2/c1-15(2)10-12-9-13(18)11-17(12)14(19)5-8-16-6-3-4-7-16/h12-13,18H,3-11H2,1-2H3. The normalized spacial score (nSPS) is 28.5. The molecule has 0 aromatic carbocycles. The van der Waals surface area contributed by atoms with Crippen molar-refractivity contribution in [2.24, 2.45) is 0 Å². The highest BCUT2D eigenvalue weighted by Gasteiger charge is 2.34. The van der Waals surface area contributed by atoms with Gasteiger partial charge in [0.05, 0.1) is 6.10 Å². The number of nitrogens with zero attached hydrogens (tertiary/aromatic N) is 3. The van der Waals surface area contributed by atoms with Crippen LogP contribution in [0.5, 0.6) is 0 Å². The zero-order valence-corrected chi connectivity index (χ0v) is 12.2. The Morgan fingerprint density at radius 3 is 2.63 bits per heavy atom. The number of aliphatic hydroxyl groups is 1. The highest BCUT2D eigenvalue weighted by atomic mass is 16.3. The van der Waals surface area contributed by atoms with Crippen molar-refractivity contribution < 1.29 is 9.90 Å². The van der Waals surface area contributed by atoms with Gasteiger partial charge in [-0.25, -0.2) is 0 Å². The zero-order valence-electron chi connectivity index (χ0n) is 12.2. The van der Waals surface area contributed by atoms with Crippen molar-refractivity contribution in [3.63, 3.8) is 0 Å². The Labute approximate surface area is 116 Å². The lowest BCUT2D eigenvalue weighted by Gasteiger charge is -2.27. The van der Waals surface area contributed by atoms with Gasteiger partial charge in [0, 0.05) is 32.1 Å². The van der Waals surface area contributed by atoms with Gasteiger partial charge in [0.1, 0.15) is 0 Å². The van der Waals surface area contributed by atoms with E-state index in [9.17, 15) is 9.90 Å². The number of amides is 1. The van der Waals surface area contributed by atoms with Crippen LogP contribution in [0.3, 0.4) is 0 Å². The third kappa shape index (κ3) is 4.16. The molecule has 0 aromatic rings. The van der Waals surface area contributed by atoms with Crippen LogP contribution in [0.4, 0.5) is 0 Å². The van der Waals surface area contributed by atoms with E-state index in [1.165, 1.54) is 12.8 Å². The van der Waals surface area contributed by atoms with Crippen molar-refractivity contribution in [2.45, 2.75) is 37.8 Å². The van der Waals surface area contributed by atoms with Crippen molar-refractivity contribution in [1.29, 1.82) is 0 Å². The smallest absolute Gasteiger partial charge is 0.224 e. The molecule has 1 N–H and O–H groups in total. The zero-order chi connectivity index (χ0) is 13.8. The number of likely N-dealkylation sites (N-methyl/N-ethyl adjacent to an activating group) is 1. The molecule has 2 fully saturated rings. The maximum absolute atomic E-state index is 12.3. The number of hydrogen-bond donors (Lipinski definition) is 1. The molecule has 0 aromatic heterocycles. The lowest BCUT2D eigenvalue weighted by Crippen LogP contribution is -2.42. The molecule has 1 amide bonds. The number of likely N-dealkylation sites (tertiary alicyclic amines) is 2. The largest absolute Gasteiger partial charge is 0.391 e. The molecule has 5 nitrogen and oxygen atoms in total. The molecule has 19 heavy (non-hydrogen) atoms. The minimum Gasteiger partial charge on any atom is -0.391 e. The van der Waals surface area contributed by atoms with Crippen LogP contribution in [-0.2, 0) is 4.79 Å². The predicted molar refractivity (Wildman–Crippen MR) is 75.0 cm³/mol. The van der Waals surface area contributed by atoms with Crippen LogP contribution >= 0.6 is 0 Å². The number of aliphatic hydroxyl groups excluding tert-OH is 1. The second-order valence-corrected chi connectivity index (χ2v) is 6.15. The topological polar surface area (TPSA) is 47.0 Å². The van der Waals surface area contributed by atoms with Crippen molar-refractivity contribution >= 4 is 5.91 Å². The molecule has 2 rings (SSSR count). The number of hydrogen-bond acceptors (Lipinski definition) is 4. The summed E-state index contributed by atoms with van der Waals surface area (Å²) in [6.07, 6.45) is 3.49. The molecule has 110 valence electrons. The molecule has 2 heterocycles. The van der Waals surface area contributed by atoms with Crippen LogP contribution in [0.1, 0.15) is 25.7 Å². The maximum atomic E-state index is 12.3. The van der Waals surface area contributed by atoms with E-state index < -0.39 is 0 Å². The Balaban J connectivity index is 1.81. The molecular weight excluding hydrogens is 242 g/mol. The molecular formula is C14H27N3O2. The van der Waals surface area contributed by atoms with Crippen molar-refractivity contribution in [2.75, 3.05) is 46.8 Å². The molecule has 2 saturated heterocycles. The van der Waals surface area contributed by atoms with Gasteiger partial charge in [-0.15, -0.1) is 0 Å². The SMILES string of the molecule is CN(C)CC1CC(O)CN1C(=O)CCN1CCCC1. The third-order valence-corrected chi connectivity index (χ3v) is 4.13. The van der Waals surface area contributed by atoms with Crippen LogP contribution in [0.15, 0.2) is 0 Å². The lowest BCUT2D eigenvalue weighted by atomic mass is 10.2. The van der Waals surface area contributed by atoms with E-state index in [-0.39, 0.29) is 18.1 Å². The van der Waals surface area contributed by atoms with Gasteiger partial charge in [-0.3, -0.25) is 4.79 Å². The summed E-state index contributed by atoms with van der Waals surface area (Å²) in [5, 5.41) is 9.79. The molecule has 2 atom stereocenters. The van der Waals surface area contributed by atoms with Gasteiger partial charge >= 0.3 is 0 Å². The number of carbonyl (C=O) groups is 1. The Morgan fingerprint density at radius 2 is 2.00 bits per heavy atom. The summed E-state index contributed by atoms with van der Waals surface area (Å²) in [4.78, 5) is 18.7. The first-order valence-electron chi connectivity index (χ1n) is 7.41. The van der Waals surface area contributed by atoms with Crippen LogP contribution < -0.4 is 0 Å². The van der Waals surface area contributed by atoms with Gasteiger partial charge in [0.2, 0.25) is 5.91 Å². The molecule has 2 aliphatic rings. The van der Waals surface area contributed by atoms with Crippen molar-refractivity contribution in [3.8, 4) is 0 Å². The predicted octanol–water partition coefficient (Wildman–Crippen LogP) is -0.00430. The molecule has 2 unspecified atom stereocenters. The van der Waals surface area contributed by atoms with E-state index in [1.807, 2.05) is 19.0 Å². The fraction of sp³-hybridized carbons (Fsp3) is 0.929. The van der Waals surface area contributed by atoms with E-state index in [1.54, 1.807) is 0 Å². The Bertz CT molecular complexity index is 303. The third-order valence-electron chi connectivity index (χ3n) is 4.13. The minimum absolute atomic E-state index is 0.177. The van der Waals surface area contributed by atoms with Gasteiger partial charge in [-0.1, -0.05) is 0 Å². The van der Waals surface area contributed by atoms with E-state index in [4.69, 9.17) is 0 Å². The first-order valence-corrected chi connectivity index (χ1v) is 7.41. The van der Waals surface area contributed by atoms with Crippen molar-refractivity contribution in [3.05, 3.63) is 0 Å². The average molecular weight is 269 g/mol. The molecule has 0 bridgehead atoms. The first kappa shape index (κ1) is 14.8. The number of β-amino-alcohol motifs (C(OH)–C–C–N with tert-alkyl or cyclic N) is 1. The van der Waals surface area contributed by atoms with Crippen LogP contribution in [0.2, 0.25) is 0 Å². The summed E-state index contributed by atoms with van der Waals surface area (Å²) in [7, 11) is 4.02. The second-order valence-electron chi connectivity index (χ2n) is 6.15. The Morgan fingerprint density at radius 1 is 1.32 bits per heavy atom. The summed E-state index contributed by atoms with van der Waals surface area (Å²) in [6.45, 7) is 4.50. The quantitative estimate of drug-likeness (QED) is 0.763. The molecule has 0 radical (unpaired) electrons. The fourth-order valence-corrected chi connectivity index (χ4v) is 3.20. The number of rotatable bonds is 5. The van der Waals surface area contributed by atoms with Gasteiger partial charge in [-0.2, -0.15) is 0 Å². The summed E-state index contributed by atoms with van der Waals surface area (Å²) in [5.41, 5.74) is 0. The van der Waals surface area contributed by atoms with Crippen LogP contribution in [-0.4, -0.2) is 84.7 Å². The van der Waals surface area contributed by atoms with Gasteiger partial charge in [-0.05, 0) is 46.4 Å². The molecule has 5 heteroatoms. The van der Waals surface area contributed by atoms with E-state index in [0.717, 1.165) is 26.2 Å².